The molecular weight excluding hydrogens is 266 g/mol. The van der Waals surface area contributed by atoms with E-state index in [1.807, 2.05) is 11.8 Å². The van der Waals surface area contributed by atoms with Crippen LogP contribution in [0.25, 0.3) is 0 Å². The summed E-state index contributed by atoms with van der Waals surface area (Å²) in [6.07, 6.45) is 12.2. The fraction of sp³-hybridized carbons (Fsp3) is 1.00. The number of nitrogens with one attached hydrogen (secondary N) is 2. The molecule has 1 rings (SSSR count). The van der Waals surface area contributed by atoms with E-state index in [0.717, 1.165) is 26.2 Å². The van der Waals surface area contributed by atoms with E-state index in [4.69, 9.17) is 0 Å². The van der Waals surface area contributed by atoms with Crippen LogP contribution in [0.15, 0.2) is 0 Å². The average molecular weight is 302 g/mol. The lowest BCUT2D eigenvalue weighted by molar-refractivity contribution is 0.273. The average Bonchev–Trinajstić information content (AvgIpc) is 2.59. The first kappa shape index (κ1) is 18.3. The van der Waals surface area contributed by atoms with E-state index >= 15 is 0 Å². The van der Waals surface area contributed by atoms with Gasteiger partial charge in [-0.25, -0.2) is 0 Å². The Morgan fingerprint density at radius 1 is 0.750 bits per heavy atom. The summed E-state index contributed by atoms with van der Waals surface area (Å²) in [5, 5.41) is 6.97. The SMILES string of the molecule is CSCCCCCCCCCN1CCNCCNCC1. The third-order valence-electron chi connectivity index (χ3n) is 4.01. The summed E-state index contributed by atoms with van der Waals surface area (Å²) >= 11 is 1.98. The van der Waals surface area contributed by atoms with Crippen LogP contribution in [0.5, 0.6) is 0 Å². The molecule has 0 radical (unpaired) electrons. The second kappa shape index (κ2) is 14.2. The Labute approximate surface area is 130 Å². The highest BCUT2D eigenvalue weighted by atomic mass is 32.2. The van der Waals surface area contributed by atoms with Gasteiger partial charge in [0.05, 0.1) is 0 Å². The molecule has 2 N–H and O–H groups in total. The van der Waals surface area contributed by atoms with Crippen molar-refractivity contribution in [2.45, 2.75) is 44.9 Å². The van der Waals surface area contributed by atoms with Gasteiger partial charge in [0.15, 0.2) is 0 Å². The predicted octanol–water partition coefficient (Wildman–Crippen LogP) is 2.57. The zero-order chi connectivity index (χ0) is 14.3. The monoisotopic (exact) mass is 301 g/mol. The van der Waals surface area contributed by atoms with Gasteiger partial charge in [-0.3, -0.25) is 0 Å². The molecule has 4 heteroatoms. The molecule has 120 valence electrons. The molecule has 1 heterocycles. The molecule has 0 aliphatic carbocycles. The molecule has 0 bridgehead atoms. The van der Waals surface area contributed by atoms with E-state index in [-0.39, 0.29) is 0 Å². The number of unbranched alkanes of at least 4 members (excludes halogenated alkanes) is 6. The minimum Gasteiger partial charge on any atom is -0.314 e. The molecule has 0 unspecified atom stereocenters. The number of thioether (sulfide) groups is 1. The maximum absolute atomic E-state index is 3.49. The summed E-state index contributed by atoms with van der Waals surface area (Å²) < 4.78 is 0. The Hall–Kier alpha value is 0.230. The maximum Gasteiger partial charge on any atom is 0.0107 e. The van der Waals surface area contributed by atoms with Crippen LogP contribution in [-0.4, -0.2) is 62.7 Å². The number of nitrogens with zero attached hydrogens (tertiary/aromatic N) is 1. The summed E-state index contributed by atoms with van der Waals surface area (Å²) in [7, 11) is 0. The summed E-state index contributed by atoms with van der Waals surface area (Å²) in [4.78, 5) is 2.61. The van der Waals surface area contributed by atoms with E-state index in [1.165, 1.54) is 70.3 Å². The summed E-state index contributed by atoms with van der Waals surface area (Å²) in [5.41, 5.74) is 0. The largest absolute Gasteiger partial charge is 0.314 e. The van der Waals surface area contributed by atoms with Crippen molar-refractivity contribution in [1.82, 2.24) is 15.5 Å². The Morgan fingerprint density at radius 2 is 1.30 bits per heavy atom. The minimum absolute atomic E-state index is 1.12. The molecule has 0 aromatic rings. The standard InChI is InChI=1S/C16H35N3S/c1-20-16-8-6-4-2-3-5-7-13-19-14-11-17-9-10-18-12-15-19/h17-18H,2-16H2,1H3. The van der Waals surface area contributed by atoms with Crippen molar-refractivity contribution in [3.8, 4) is 0 Å². The fourth-order valence-corrected chi connectivity index (χ4v) is 3.20. The van der Waals surface area contributed by atoms with Crippen LogP contribution in [0.2, 0.25) is 0 Å². The second-order valence-corrected chi connectivity index (χ2v) is 6.79. The summed E-state index contributed by atoms with van der Waals surface area (Å²) in [6.45, 7) is 8.26. The molecule has 1 saturated heterocycles. The van der Waals surface area contributed by atoms with E-state index in [9.17, 15) is 0 Å². The molecule has 1 fully saturated rings. The Kier molecular flexibility index (Phi) is 13.0. The highest BCUT2D eigenvalue weighted by molar-refractivity contribution is 7.98. The summed E-state index contributed by atoms with van der Waals surface area (Å²) in [5.74, 6) is 1.34. The molecule has 20 heavy (non-hydrogen) atoms. The zero-order valence-corrected chi connectivity index (χ0v) is 14.3. The molecular formula is C16H35N3S. The number of hydrogen-bond acceptors (Lipinski definition) is 4. The van der Waals surface area contributed by atoms with Gasteiger partial charge in [-0.2, -0.15) is 11.8 Å². The topological polar surface area (TPSA) is 27.3 Å². The summed E-state index contributed by atoms with van der Waals surface area (Å²) in [6, 6.07) is 0. The van der Waals surface area contributed by atoms with Gasteiger partial charge in [0, 0.05) is 39.3 Å². The molecule has 0 spiro atoms. The third kappa shape index (κ3) is 11.0. The zero-order valence-electron chi connectivity index (χ0n) is 13.5. The molecule has 0 amide bonds. The Morgan fingerprint density at radius 3 is 1.90 bits per heavy atom. The van der Waals surface area contributed by atoms with Crippen LogP contribution < -0.4 is 10.6 Å². The second-order valence-electron chi connectivity index (χ2n) is 5.81. The van der Waals surface area contributed by atoms with Crippen LogP contribution >= 0.6 is 11.8 Å². The molecule has 0 aromatic heterocycles. The van der Waals surface area contributed by atoms with Gasteiger partial charge in [-0.1, -0.05) is 32.1 Å². The highest BCUT2D eigenvalue weighted by Gasteiger charge is 2.05. The van der Waals surface area contributed by atoms with Crippen LogP contribution in [0, 0.1) is 0 Å². The first-order valence-corrected chi connectivity index (χ1v) is 9.95. The van der Waals surface area contributed by atoms with Gasteiger partial charge in [0.1, 0.15) is 0 Å². The van der Waals surface area contributed by atoms with Gasteiger partial charge in [0.25, 0.3) is 0 Å². The van der Waals surface area contributed by atoms with Crippen molar-refractivity contribution in [2.24, 2.45) is 0 Å². The maximum atomic E-state index is 3.49. The van der Waals surface area contributed by atoms with E-state index < -0.39 is 0 Å². The first-order chi connectivity index (χ1) is 9.93. The molecule has 0 atom stereocenters. The van der Waals surface area contributed by atoms with Gasteiger partial charge in [0.2, 0.25) is 0 Å². The molecule has 0 saturated carbocycles. The van der Waals surface area contributed by atoms with Crippen molar-refractivity contribution in [1.29, 1.82) is 0 Å². The lowest BCUT2D eigenvalue weighted by Crippen LogP contribution is -2.34. The van der Waals surface area contributed by atoms with Crippen LogP contribution in [0.1, 0.15) is 44.9 Å². The molecule has 1 aliphatic heterocycles. The predicted molar refractivity (Wildman–Crippen MR) is 92.9 cm³/mol. The van der Waals surface area contributed by atoms with Crippen molar-refractivity contribution in [3.05, 3.63) is 0 Å². The smallest absolute Gasteiger partial charge is 0.0107 e. The van der Waals surface area contributed by atoms with Gasteiger partial charge < -0.3 is 15.5 Å². The van der Waals surface area contributed by atoms with Crippen LogP contribution in [0.3, 0.4) is 0 Å². The van der Waals surface area contributed by atoms with Crippen molar-refractivity contribution < 1.29 is 0 Å². The van der Waals surface area contributed by atoms with Gasteiger partial charge >= 0.3 is 0 Å². The van der Waals surface area contributed by atoms with Crippen LogP contribution in [-0.2, 0) is 0 Å². The highest BCUT2D eigenvalue weighted by Crippen LogP contribution is 2.09. The van der Waals surface area contributed by atoms with E-state index in [0.29, 0.717) is 0 Å². The van der Waals surface area contributed by atoms with Crippen molar-refractivity contribution >= 4 is 11.8 Å². The normalized spacial score (nSPS) is 18.4. The number of hydrogen-bond donors (Lipinski definition) is 2. The minimum atomic E-state index is 1.12. The van der Waals surface area contributed by atoms with Crippen LogP contribution in [0.4, 0.5) is 0 Å². The van der Waals surface area contributed by atoms with Gasteiger partial charge in [-0.05, 0) is 31.4 Å². The van der Waals surface area contributed by atoms with Gasteiger partial charge in [-0.15, -0.1) is 0 Å². The van der Waals surface area contributed by atoms with Crippen molar-refractivity contribution in [3.63, 3.8) is 0 Å². The molecule has 1 aliphatic rings. The quantitative estimate of drug-likeness (QED) is 0.607. The first-order valence-electron chi connectivity index (χ1n) is 8.56. The Balaban J connectivity index is 1.88. The lowest BCUT2D eigenvalue weighted by Gasteiger charge is -2.21. The molecule has 3 nitrogen and oxygen atoms in total. The van der Waals surface area contributed by atoms with E-state index in [1.54, 1.807) is 0 Å². The fourth-order valence-electron chi connectivity index (χ4n) is 2.70. The third-order valence-corrected chi connectivity index (χ3v) is 4.71. The number of rotatable bonds is 10. The Bertz CT molecular complexity index is 192. The molecule has 0 aromatic carbocycles. The van der Waals surface area contributed by atoms with Crippen molar-refractivity contribution in [2.75, 3.05) is 57.8 Å². The lowest BCUT2D eigenvalue weighted by atomic mass is 10.1. The van der Waals surface area contributed by atoms with E-state index in [2.05, 4.69) is 21.8 Å².